The number of aryl methyl sites for hydroxylation is 2. The van der Waals surface area contributed by atoms with Crippen molar-refractivity contribution < 1.29 is 14.3 Å². The van der Waals surface area contributed by atoms with E-state index in [-0.39, 0.29) is 17.9 Å². The molecule has 1 aliphatic heterocycles. The Labute approximate surface area is 207 Å². The van der Waals surface area contributed by atoms with E-state index in [1.54, 1.807) is 17.3 Å². The van der Waals surface area contributed by atoms with Crippen LogP contribution in [-0.4, -0.2) is 50.0 Å². The molecule has 1 aliphatic rings. The predicted molar refractivity (Wildman–Crippen MR) is 134 cm³/mol. The third-order valence-electron chi connectivity index (χ3n) is 6.21. The molecule has 4 aromatic heterocycles. The van der Waals surface area contributed by atoms with Crippen molar-refractivity contribution in [1.29, 1.82) is 0 Å². The molecule has 1 N–H and O–H groups in total. The van der Waals surface area contributed by atoms with E-state index in [1.807, 2.05) is 58.9 Å². The van der Waals surface area contributed by atoms with E-state index >= 15 is 0 Å². The van der Waals surface area contributed by atoms with Gasteiger partial charge in [-0.2, -0.15) is 0 Å². The van der Waals surface area contributed by atoms with Gasteiger partial charge in [0.15, 0.2) is 5.13 Å². The van der Waals surface area contributed by atoms with Crippen LogP contribution in [0.2, 0.25) is 0 Å². The molecule has 1 fully saturated rings. The van der Waals surface area contributed by atoms with Crippen LogP contribution in [0, 0.1) is 0 Å². The molecule has 9 nitrogen and oxygen atoms in total. The minimum absolute atomic E-state index is 0.00624. The van der Waals surface area contributed by atoms with Gasteiger partial charge >= 0.3 is 0 Å². The highest BCUT2D eigenvalue weighted by Crippen LogP contribution is 2.26. The molecule has 0 aliphatic carbocycles. The molecular weight excluding hydrogens is 464 g/mol. The van der Waals surface area contributed by atoms with Crippen LogP contribution < -0.4 is 10.2 Å². The second-order valence-electron chi connectivity index (χ2n) is 8.67. The number of anilines is 1. The monoisotopic (exact) mass is 492 g/mol. The molecule has 0 aromatic carbocycles. The fraction of sp³-hybridized carbons (Fsp3) is 0.360. The molecule has 5 rings (SSSR count). The SMILES string of the molecule is Cn1cccc1CCC(=O)N(CC1CCCO1)c1ncc(C(=O)NCc2ccc3nccn3c2)s1. The normalized spacial score (nSPS) is 15.5. The van der Waals surface area contributed by atoms with Crippen LogP contribution in [0.5, 0.6) is 0 Å². The first-order valence-electron chi connectivity index (χ1n) is 11.7. The number of nitrogens with one attached hydrogen (secondary N) is 1. The van der Waals surface area contributed by atoms with Crippen molar-refractivity contribution >= 4 is 33.9 Å². The van der Waals surface area contributed by atoms with E-state index < -0.39 is 0 Å². The highest BCUT2D eigenvalue weighted by Gasteiger charge is 2.26. The first kappa shape index (κ1) is 23.3. The fourth-order valence-electron chi connectivity index (χ4n) is 4.24. The molecule has 0 saturated carbocycles. The van der Waals surface area contributed by atoms with Gasteiger partial charge in [-0.25, -0.2) is 9.97 Å². The highest BCUT2D eigenvalue weighted by atomic mass is 32.1. The lowest BCUT2D eigenvalue weighted by molar-refractivity contribution is -0.119. The smallest absolute Gasteiger partial charge is 0.263 e. The molecule has 182 valence electrons. The van der Waals surface area contributed by atoms with E-state index in [1.165, 1.54) is 11.3 Å². The lowest BCUT2D eigenvalue weighted by Gasteiger charge is -2.23. The van der Waals surface area contributed by atoms with Crippen molar-refractivity contribution in [2.75, 3.05) is 18.1 Å². The Morgan fingerprint density at radius 3 is 2.97 bits per heavy atom. The average Bonchev–Trinajstić information content (AvgIpc) is 3.66. The van der Waals surface area contributed by atoms with Gasteiger partial charge in [0.1, 0.15) is 10.5 Å². The Hall–Kier alpha value is -3.50. The Kier molecular flexibility index (Phi) is 6.91. The Morgan fingerprint density at radius 1 is 1.26 bits per heavy atom. The topological polar surface area (TPSA) is 93.8 Å². The number of hydrogen-bond donors (Lipinski definition) is 1. The molecular formula is C25H28N6O3S. The van der Waals surface area contributed by atoms with E-state index in [4.69, 9.17) is 4.74 Å². The van der Waals surface area contributed by atoms with E-state index in [2.05, 4.69) is 15.3 Å². The number of imidazole rings is 1. The first-order valence-corrected chi connectivity index (χ1v) is 12.6. The van der Waals surface area contributed by atoms with Gasteiger partial charge in [0, 0.05) is 57.1 Å². The summed E-state index contributed by atoms with van der Waals surface area (Å²) in [4.78, 5) is 36.9. The van der Waals surface area contributed by atoms with Gasteiger partial charge < -0.3 is 19.0 Å². The largest absolute Gasteiger partial charge is 0.376 e. The number of carbonyl (C=O) groups excluding carboxylic acids is 2. The number of fused-ring (bicyclic) bond motifs is 1. The maximum absolute atomic E-state index is 13.2. The van der Waals surface area contributed by atoms with Gasteiger partial charge in [-0.1, -0.05) is 17.4 Å². The van der Waals surface area contributed by atoms with Crippen molar-refractivity contribution in [2.24, 2.45) is 7.05 Å². The van der Waals surface area contributed by atoms with Crippen LogP contribution in [-0.2, 0) is 29.5 Å². The zero-order chi connectivity index (χ0) is 24.2. The zero-order valence-electron chi connectivity index (χ0n) is 19.6. The van der Waals surface area contributed by atoms with Crippen LogP contribution in [0.1, 0.15) is 40.2 Å². The van der Waals surface area contributed by atoms with Gasteiger partial charge in [-0.3, -0.25) is 14.5 Å². The van der Waals surface area contributed by atoms with Crippen LogP contribution in [0.3, 0.4) is 0 Å². The quantitative estimate of drug-likeness (QED) is 0.387. The molecule has 1 saturated heterocycles. The number of pyridine rings is 1. The van der Waals surface area contributed by atoms with Crippen molar-refractivity contribution in [3.8, 4) is 0 Å². The summed E-state index contributed by atoms with van der Waals surface area (Å²) in [7, 11) is 1.98. The van der Waals surface area contributed by atoms with E-state index in [0.717, 1.165) is 29.7 Å². The van der Waals surface area contributed by atoms with Crippen LogP contribution in [0.25, 0.3) is 5.65 Å². The number of ether oxygens (including phenoxy) is 1. The molecule has 10 heteroatoms. The Bertz CT molecular complexity index is 1320. The van der Waals surface area contributed by atoms with Gasteiger partial charge in [0.05, 0.1) is 18.8 Å². The third kappa shape index (κ3) is 5.44. The van der Waals surface area contributed by atoms with Crippen LogP contribution in [0.4, 0.5) is 5.13 Å². The second-order valence-corrected chi connectivity index (χ2v) is 9.68. The van der Waals surface area contributed by atoms with Crippen molar-refractivity contribution in [3.05, 3.63) is 71.4 Å². The second kappa shape index (κ2) is 10.4. The summed E-state index contributed by atoms with van der Waals surface area (Å²) in [5.74, 6) is -0.232. The van der Waals surface area contributed by atoms with Crippen molar-refractivity contribution in [2.45, 2.75) is 38.3 Å². The minimum Gasteiger partial charge on any atom is -0.376 e. The van der Waals surface area contributed by atoms with Crippen LogP contribution in [0.15, 0.2) is 55.2 Å². The lowest BCUT2D eigenvalue weighted by atomic mass is 10.2. The fourth-order valence-corrected chi connectivity index (χ4v) is 5.10. The number of amides is 2. The van der Waals surface area contributed by atoms with E-state index in [9.17, 15) is 9.59 Å². The number of carbonyl (C=O) groups is 2. The Morgan fingerprint density at radius 2 is 2.17 bits per heavy atom. The van der Waals surface area contributed by atoms with Gasteiger partial charge in [0.25, 0.3) is 5.91 Å². The average molecular weight is 493 g/mol. The number of aromatic nitrogens is 4. The minimum atomic E-state index is -0.215. The maximum atomic E-state index is 13.2. The predicted octanol–water partition coefficient (Wildman–Crippen LogP) is 3.20. The summed E-state index contributed by atoms with van der Waals surface area (Å²) < 4.78 is 9.72. The highest BCUT2D eigenvalue weighted by molar-refractivity contribution is 7.17. The molecule has 4 aromatic rings. The van der Waals surface area contributed by atoms with Gasteiger partial charge in [0.2, 0.25) is 5.91 Å². The first-order chi connectivity index (χ1) is 17.1. The number of nitrogens with zero attached hydrogens (tertiary/aromatic N) is 5. The standard InChI is InChI=1S/C25H28N6O3S/c1-29-11-2-4-19(29)7-9-23(32)31(17-20-5-3-13-34-20)25-28-15-21(35-25)24(33)27-14-18-6-8-22-26-10-12-30(22)16-18/h2,4,6,8,10-12,15-16,20H,3,5,7,9,13-14,17H2,1H3,(H,27,33). The molecule has 1 unspecified atom stereocenters. The summed E-state index contributed by atoms with van der Waals surface area (Å²) in [6.07, 6.45) is 12.0. The molecule has 0 spiro atoms. The molecule has 2 amide bonds. The summed E-state index contributed by atoms with van der Waals surface area (Å²) in [5, 5.41) is 3.47. The lowest BCUT2D eigenvalue weighted by Crippen LogP contribution is -2.37. The van der Waals surface area contributed by atoms with Crippen molar-refractivity contribution in [1.82, 2.24) is 24.3 Å². The summed E-state index contributed by atoms with van der Waals surface area (Å²) in [6.45, 7) is 1.55. The Balaban J connectivity index is 1.25. The molecule has 1 atom stereocenters. The molecule has 5 heterocycles. The zero-order valence-corrected chi connectivity index (χ0v) is 20.4. The summed E-state index contributed by atoms with van der Waals surface area (Å²) >= 11 is 1.23. The summed E-state index contributed by atoms with van der Waals surface area (Å²) in [5.41, 5.74) is 2.92. The van der Waals surface area contributed by atoms with Gasteiger partial charge in [-0.15, -0.1) is 0 Å². The molecule has 0 bridgehead atoms. The summed E-state index contributed by atoms with van der Waals surface area (Å²) in [6, 6.07) is 7.85. The molecule has 35 heavy (non-hydrogen) atoms. The van der Waals surface area contributed by atoms with E-state index in [0.29, 0.717) is 42.5 Å². The van der Waals surface area contributed by atoms with Crippen molar-refractivity contribution in [3.63, 3.8) is 0 Å². The number of rotatable bonds is 9. The number of thiazole rings is 1. The van der Waals surface area contributed by atoms with Crippen LogP contribution >= 0.6 is 11.3 Å². The number of hydrogen-bond acceptors (Lipinski definition) is 6. The van der Waals surface area contributed by atoms with Gasteiger partial charge in [-0.05, 0) is 43.0 Å². The third-order valence-corrected chi connectivity index (χ3v) is 7.23. The molecule has 0 radical (unpaired) electrons. The maximum Gasteiger partial charge on any atom is 0.263 e.